The normalized spacial score (nSPS) is 15.5. The molecule has 146 valence electrons. The standard InChI is InChI=1S/C21H22ClN3O2S/c22-17-11-9-16(10-12-17)15-28(26,27)21-20(25-13-5-1-2-6-14-25)23-18-7-3-4-8-19(18)24-21/h3-4,7-12H,1-2,5-6,13-15H2. The minimum atomic E-state index is -3.67. The van der Waals surface area contributed by atoms with Gasteiger partial charge in [-0.1, -0.05) is 48.7 Å². The molecule has 0 unspecified atom stereocenters. The Morgan fingerprint density at radius 3 is 2.11 bits per heavy atom. The van der Waals surface area contributed by atoms with E-state index in [0.29, 0.717) is 27.4 Å². The van der Waals surface area contributed by atoms with Gasteiger partial charge in [-0.2, -0.15) is 0 Å². The van der Waals surface area contributed by atoms with E-state index in [4.69, 9.17) is 16.6 Å². The molecule has 0 N–H and O–H groups in total. The first-order valence-electron chi connectivity index (χ1n) is 9.52. The number of anilines is 1. The molecule has 0 saturated carbocycles. The van der Waals surface area contributed by atoms with Crippen LogP contribution in [0.1, 0.15) is 31.2 Å². The maximum Gasteiger partial charge on any atom is 0.203 e. The molecule has 0 amide bonds. The molecule has 0 bridgehead atoms. The lowest BCUT2D eigenvalue weighted by molar-refractivity contribution is 0.590. The summed E-state index contributed by atoms with van der Waals surface area (Å²) >= 11 is 5.93. The number of para-hydroxylation sites is 2. The van der Waals surface area contributed by atoms with Crippen LogP contribution in [0.3, 0.4) is 0 Å². The van der Waals surface area contributed by atoms with E-state index in [9.17, 15) is 8.42 Å². The number of nitrogens with zero attached hydrogens (tertiary/aromatic N) is 3. The number of halogens is 1. The van der Waals surface area contributed by atoms with Crippen molar-refractivity contribution in [3.05, 3.63) is 59.1 Å². The molecular weight excluding hydrogens is 394 g/mol. The number of hydrogen-bond donors (Lipinski definition) is 0. The Hall–Kier alpha value is -2.18. The summed E-state index contributed by atoms with van der Waals surface area (Å²) in [5, 5.41) is 0.653. The van der Waals surface area contributed by atoms with Crippen molar-refractivity contribution in [2.75, 3.05) is 18.0 Å². The third kappa shape index (κ3) is 4.13. The van der Waals surface area contributed by atoms with Crippen molar-refractivity contribution in [1.29, 1.82) is 0 Å². The van der Waals surface area contributed by atoms with E-state index in [-0.39, 0.29) is 10.8 Å². The predicted octanol–water partition coefficient (Wildman–Crippen LogP) is 4.64. The van der Waals surface area contributed by atoms with Crippen LogP contribution in [0.2, 0.25) is 5.02 Å². The van der Waals surface area contributed by atoms with Crippen LogP contribution in [0.15, 0.2) is 53.6 Å². The summed E-state index contributed by atoms with van der Waals surface area (Å²) in [7, 11) is -3.67. The van der Waals surface area contributed by atoms with Gasteiger partial charge in [0.25, 0.3) is 0 Å². The minimum absolute atomic E-state index is 0.0723. The van der Waals surface area contributed by atoms with Gasteiger partial charge < -0.3 is 4.90 Å². The van der Waals surface area contributed by atoms with Gasteiger partial charge in [-0.05, 0) is 42.7 Å². The molecule has 4 rings (SSSR count). The van der Waals surface area contributed by atoms with Gasteiger partial charge >= 0.3 is 0 Å². The first-order chi connectivity index (χ1) is 13.5. The summed E-state index contributed by atoms with van der Waals surface area (Å²) in [5.41, 5.74) is 1.99. The Balaban J connectivity index is 1.80. The number of aromatic nitrogens is 2. The van der Waals surface area contributed by atoms with E-state index in [1.54, 1.807) is 30.3 Å². The molecule has 2 heterocycles. The second-order valence-corrected chi connectivity index (χ2v) is 9.47. The van der Waals surface area contributed by atoms with Crippen molar-refractivity contribution in [2.45, 2.75) is 36.5 Å². The van der Waals surface area contributed by atoms with Gasteiger partial charge in [-0.3, -0.25) is 0 Å². The van der Waals surface area contributed by atoms with E-state index in [2.05, 4.69) is 9.88 Å². The summed E-state index contributed by atoms with van der Waals surface area (Å²) in [4.78, 5) is 11.4. The smallest absolute Gasteiger partial charge is 0.203 e. The van der Waals surface area contributed by atoms with Gasteiger partial charge in [-0.15, -0.1) is 0 Å². The minimum Gasteiger partial charge on any atom is -0.354 e. The van der Waals surface area contributed by atoms with Gasteiger partial charge in [0, 0.05) is 18.1 Å². The fourth-order valence-electron chi connectivity index (χ4n) is 3.54. The maximum atomic E-state index is 13.3. The molecule has 1 aliphatic rings. The maximum absolute atomic E-state index is 13.3. The van der Waals surface area contributed by atoms with Gasteiger partial charge in [0.1, 0.15) is 0 Å². The Labute approximate surface area is 170 Å². The van der Waals surface area contributed by atoms with Crippen LogP contribution in [0.4, 0.5) is 5.82 Å². The summed E-state index contributed by atoms with van der Waals surface area (Å²) < 4.78 is 26.6. The van der Waals surface area contributed by atoms with Crippen LogP contribution in [-0.2, 0) is 15.6 Å². The van der Waals surface area contributed by atoms with Crippen molar-refractivity contribution in [3.8, 4) is 0 Å². The van der Waals surface area contributed by atoms with Crippen LogP contribution in [-0.4, -0.2) is 31.5 Å². The topological polar surface area (TPSA) is 63.2 Å². The zero-order valence-electron chi connectivity index (χ0n) is 15.5. The summed E-state index contributed by atoms with van der Waals surface area (Å²) in [6, 6.07) is 14.3. The lowest BCUT2D eigenvalue weighted by atomic mass is 10.2. The van der Waals surface area contributed by atoms with E-state index in [0.717, 1.165) is 38.8 Å². The van der Waals surface area contributed by atoms with Gasteiger partial charge in [0.2, 0.25) is 9.84 Å². The van der Waals surface area contributed by atoms with Crippen LogP contribution in [0.25, 0.3) is 11.0 Å². The molecular formula is C21H22ClN3O2S. The van der Waals surface area contributed by atoms with Crippen molar-refractivity contribution >= 4 is 38.3 Å². The lowest BCUT2D eigenvalue weighted by Crippen LogP contribution is -2.28. The van der Waals surface area contributed by atoms with Crippen LogP contribution >= 0.6 is 11.6 Å². The molecule has 7 heteroatoms. The zero-order valence-corrected chi connectivity index (χ0v) is 17.1. The number of fused-ring (bicyclic) bond motifs is 1. The lowest BCUT2D eigenvalue weighted by Gasteiger charge is -2.23. The first-order valence-corrected chi connectivity index (χ1v) is 11.5. The van der Waals surface area contributed by atoms with Crippen LogP contribution in [0.5, 0.6) is 0 Å². The second kappa shape index (κ2) is 8.05. The highest BCUT2D eigenvalue weighted by molar-refractivity contribution is 7.90. The molecule has 1 aromatic heterocycles. The molecule has 0 atom stereocenters. The first kappa shape index (κ1) is 19.2. The fourth-order valence-corrected chi connectivity index (χ4v) is 5.12. The predicted molar refractivity (Wildman–Crippen MR) is 113 cm³/mol. The van der Waals surface area contributed by atoms with Crippen molar-refractivity contribution < 1.29 is 8.42 Å². The monoisotopic (exact) mass is 415 g/mol. The van der Waals surface area contributed by atoms with Gasteiger partial charge in [0.05, 0.1) is 16.8 Å². The molecule has 5 nitrogen and oxygen atoms in total. The largest absolute Gasteiger partial charge is 0.354 e. The quantitative estimate of drug-likeness (QED) is 0.621. The van der Waals surface area contributed by atoms with Crippen molar-refractivity contribution in [3.63, 3.8) is 0 Å². The molecule has 28 heavy (non-hydrogen) atoms. The Morgan fingerprint density at radius 1 is 0.857 bits per heavy atom. The molecule has 1 fully saturated rings. The summed E-state index contributed by atoms with van der Waals surface area (Å²) in [6.45, 7) is 1.60. The third-order valence-electron chi connectivity index (χ3n) is 4.99. The Kier molecular flexibility index (Phi) is 5.51. The fraction of sp³-hybridized carbons (Fsp3) is 0.333. The van der Waals surface area contributed by atoms with E-state index >= 15 is 0 Å². The number of hydrogen-bond acceptors (Lipinski definition) is 5. The van der Waals surface area contributed by atoms with Gasteiger partial charge in [-0.25, -0.2) is 18.4 Å². The number of sulfone groups is 1. The van der Waals surface area contributed by atoms with Gasteiger partial charge in [0.15, 0.2) is 10.8 Å². The second-order valence-electron chi connectivity index (χ2n) is 7.13. The molecule has 0 aliphatic carbocycles. The van der Waals surface area contributed by atoms with Crippen molar-refractivity contribution in [2.24, 2.45) is 0 Å². The summed E-state index contributed by atoms with van der Waals surface area (Å²) in [6.07, 6.45) is 4.38. The molecule has 0 radical (unpaired) electrons. The SMILES string of the molecule is O=S(=O)(Cc1ccc(Cl)cc1)c1nc2ccccc2nc1N1CCCCCC1. The number of rotatable bonds is 4. The molecule has 3 aromatic rings. The Bertz CT molecular complexity index is 1080. The van der Waals surface area contributed by atoms with Crippen LogP contribution in [0, 0.1) is 0 Å². The average molecular weight is 416 g/mol. The van der Waals surface area contributed by atoms with E-state index in [1.165, 1.54) is 0 Å². The molecule has 2 aromatic carbocycles. The number of benzene rings is 2. The zero-order chi connectivity index (χ0) is 19.6. The van der Waals surface area contributed by atoms with Crippen molar-refractivity contribution in [1.82, 2.24) is 9.97 Å². The summed E-state index contributed by atoms with van der Waals surface area (Å²) in [5.74, 6) is 0.354. The average Bonchev–Trinajstić information content (AvgIpc) is 2.98. The van der Waals surface area contributed by atoms with E-state index in [1.807, 2.05) is 18.2 Å². The Morgan fingerprint density at radius 2 is 1.46 bits per heavy atom. The molecule has 0 spiro atoms. The van der Waals surface area contributed by atoms with E-state index < -0.39 is 9.84 Å². The van der Waals surface area contributed by atoms with Crippen LogP contribution < -0.4 is 4.90 Å². The molecule has 1 saturated heterocycles. The molecule has 1 aliphatic heterocycles. The third-order valence-corrected chi connectivity index (χ3v) is 6.82. The highest BCUT2D eigenvalue weighted by Crippen LogP contribution is 2.29. The highest BCUT2D eigenvalue weighted by atomic mass is 35.5. The highest BCUT2D eigenvalue weighted by Gasteiger charge is 2.27.